The molecule has 0 atom stereocenters. The van der Waals surface area contributed by atoms with E-state index in [2.05, 4.69) is 24.5 Å². The van der Waals surface area contributed by atoms with Crippen LogP contribution in [-0.2, 0) is 10.0 Å². The molecule has 2 N–H and O–H groups in total. The molecule has 0 aromatic heterocycles. The molecule has 2 fully saturated rings. The Kier molecular flexibility index (Phi) is 6.00. The minimum Gasteiger partial charge on any atom is -0.370 e. The molecule has 1 aromatic rings. The summed E-state index contributed by atoms with van der Waals surface area (Å²) in [5, 5.41) is 7.38. The van der Waals surface area contributed by atoms with Gasteiger partial charge in [-0.25, -0.2) is 8.42 Å². The maximum atomic E-state index is 13.2. The number of hydrogen-bond acceptors (Lipinski definition) is 5. The van der Waals surface area contributed by atoms with Crippen molar-refractivity contribution in [3.05, 3.63) is 29.8 Å². The molecule has 1 aliphatic carbocycles. The van der Waals surface area contributed by atoms with Crippen LogP contribution in [0.3, 0.4) is 0 Å². The van der Waals surface area contributed by atoms with Crippen molar-refractivity contribution in [2.75, 3.05) is 26.2 Å². The number of sulfonamides is 1. The van der Waals surface area contributed by atoms with E-state index in [9.17, 15) is 8.42 Å². The molecular formula is C22H34N4O2S. The number of rotatable bonds is 4. The van der Waals surface area contributed by atoms with Gasteiger partial charge in [-0.05, 0) is 49.3 Å². The second-order valence-corrected chi connectivity index (χ2v) is 10.9. The fourth-order valence-corrected chi connectivity index (χ4v) is 6.28. The number of piperidine rings is 1. The van der Waals surface area contributed by atoms with Crippen molar-refractivity contribution in [2.24, 2.45) is 4.99 Å². The highest BCUT2D eigenvalue weighted by atomic mass is 32.2. The van der Waals surface area contributed by atoms with Crippen LogP contribution in [0.4, 0.5) is 0 Å². The summed E-state index contributed by atoms with van der Waals surface area (Å²) in [6.07, 6.45) is 6.51. The van der Waals surface area contributed by atoms with Crippen LogP contribution >= 0.6 is 0 Å². The zero-order valence-corrected chi connectivity index (χ0v) is 18.5. The second-order valence-electron chi connectivity index (χ2n) is 8.99. The molecule has 29 heavy (non-hydrogen) atoms. The van der Waals surface area contributed by atoms with Crippen LogP contribution in [0.1, 0.15) is 63.9 Å². The monoisotopic (exact) mass is 418 g/mol. The number of nitrogens with one attached hydrogen (secondary N) is 2. The number of amidine groups is 1. The molecule has 4 rings (SSSR count). The average Bonchev–Trinajstić information content (AvgIpc) is 3.23. The third-order valence-corrected chi connectivity index (χ3v) is 8.67. The highest BCUT2D eigenvalue weighted by Crippen LogP contribution is 2.30. The van der Waals surface area contributed by atoms with Crippen LogP contribution in [0.15, 0.2) is 34.2 Å². The van der Waals surface area contributed by atoms with Crippen molar-refractivity contribution in [3.63, 3.8) is 0 Å². The Balaban J connectivity index is 1.46. The summed E-state index contributed by atoms with van der Waals surface area (Å²) in [6.45, 7) is 6.92. The number of benzene rings is 1. The molecule has 7 heteroatoms. The quantitative estimate of drug-likeness (QED) is 0.789. The molecule has 1 saturated carbocycles. The Morgan fingerprint density at radius 2 is 1.79 bits per heavy atom. The van der Waals surface area contributed by atoms with Gasteiger partial charge in [0.2, 0.25) is 10.0 Å². The van der Waals surface area contributed by atoms with Gasteiger partial charge in [0, 0.05) is 25.7 Å². The van der Waals surface area contributed by atoms with E-state index >= 15 is 0 Å². The summed E-state index contributed by atoms with van der Waals surface area (Å²) in [4.78, 5) is 5.21. The van der Waals surface area contributed by atoms with Gasteiger partial charge in [-0.1, -0.05) is 38.8 Å². The van der Waals surface area contributed by atoms with E-state index in [0.717, 1.165) is 37.3 Å². The fraction of sp³-hybridized carbons (Fsp3) is 0.682. The molecule has 6 nitrogen and oxygen atoms in total. The van der Waals surface area contributed by atoms with Crippen LogP contribution in [-0.4, -0.2) is 56.3 Å². The maximum Gasteiger partial charge on any atom is 0.243 e. The van der Waals surface area contributed by atoms with Gasteiger partial charge < -0.3 is 10.6 Å². The van der Waals surface area contributed by atoms with Gasteiger partial charge in [-0.3, -0.25) is 4.99 Å². The minimum absolute atomic E-state index is 0.200. The highest BCUT2D eigenvalue weighted by molar-refractivity contribution is 7.89. The van der Waals surface area contributed by atoms with Crippen LogP contribution < -0.4 is 10.6 Å². The van der Waals surface area contributed by atoms with Crippen LogP contribution in [0, 0.1) is 0 Å². The predicted molar refractivity (Wildman–Crippen MR) is 117 cm³/mol. The first kappa shape index (κ1) is 20.8. The topological polar surface area (TPSA) is 73.8 Å². The molecule has 160 valence electrons. The third-order valence-electron chi connectivity index (χ3n) is 6.75. The molecule has 0 radical (unpaired) electrons. The molecule has 0 unspecified atom stereocenters. The molecular weight excluding hydrogens is 384 g/mol. The van der Waals surface area contributed by atoms with Crippen molar-refractivity contribution in [2.45, 2.75) is 74.8 Å². The van der Waals surface area contributed by atoms with E-state index in [1.165, 1.54) is 25.7 Å². The van der Waals surface area contributed by atoms with Crippen LogP contribution in [0.2, 0.25) is 0 Å². The van der Waals surface area contributed by atoms with Gasteiger partial charge in [0.05, 0.1) is 17.0 Å². The van der Waals surface area contributed by atoms with E-state index in [1.807, 2.05) is 12.1 Å². The lowest BCUT2D eigenvalue weighted by Crippen LogP contribution is -2.65. The SMILES string of the molecule is CC(C)c1ccc(S(=O)(=O)N2CCC3(CC2)NCCN=C3NC2CCCC2)cc1. The lowest BCUT2D eigenvalue weighted by Gasteiger charge is -2.45. The van der Waals surface area contributed by atoms with Gasteiger partial charge >= 0.3 is 0 Å². The van der Waals surface area contributed by atoms with E-state index in [1.54, 1.807) is 16.4 Å². The number of hydrogen-bond donors (Lipinski definition) is 2. The normalized spacial score (nSPS) is 23.5. The average molecular weight is 419 g/mol. The van der Waals surface area contributed by atoms with Gasteiger partial charge in [-0.15, -0.1) is 0 Å². The summed E-state index contributed by atoms with van der Waals surface area (Å²) in [5.41, 5.74) is 0.959. The zero-order chi connectivity index (χ0) is 20.5. The van der Waals surface area contributed by atoms with Crippen molar-refractivity contribution < 1.29 is 8.42 Å². The second kappa shape index (κ2) is 8.36. The van der Waals surface area contributed by atoms with E-state index < -0.39 is 10.0 Å². The van der Waals surface area contributed by atoms with Gasteiger partial charge in [-0.2, -0.15) is 4.31 Å². The van der Waals surface area contributed by atoms with Gasteiger partial charge in [0.1, 0.15) is 5.84 Å². The standard InChI is InChI=1S/C22H34N4O2S/c1-17(2)18-7-9-20(10-8-18)29(27,28)26-15-11-22(12-16-26)21(23-13-14-24-22)25-19-5-3-4-6-19/h7-10,17,19,24H,3-6,11-16H2,1-2H3,(H,23,25). The lowest BCUT2D eigenvalue weighted by molar-refractivity contribution is 0.240. The zero-order valence-electron chi connectivity index (χ0n) is 17.7. The first-order chi connectivity index (χ1) is 13.9. The molecule has 0 amide bonds. The maximum absolute atomic E-state index is 13.2. The molecule has 2 aliphatic heterocycles. The Morgan fingerprint density at radius 1 is 1.14 bits per heavy atom. The van der Waals surface area contributed by atoms with E-state index in [0.29, 0.717) is 29.9 Å². The fourth-order valence-electron chi connectivity index (χ4n) is 4.84. The number of aliphatic imine (C=N–C) groups is 1. The largest absolute Gasteiger partial charge is 0.370 e. The smallest absolute Gasteiger partial charge is 0.243 e. The van der Waals surface area contributed by atoms with Crippen molar-refractivity contribution >= 4 is 15.9 Å². The summed E-state index contributed by atoms with van der Waals surface area (Å²) in [6, 6.07) is 7.89. The lowest BCUT2D eigenvalue weighted by atomic mass is 9.85. The Bertz CT molecular complexity index is 834. The number of nitrogens with zero attached hydrogens (tertiary/aromatic N) is 2. The molecule has 0 bridgehead atoms. The summed E-state index contributed by atoms with van der Waals surface area (Å²) >= 11 is 0. The first-order valence-electron chi connectivity index (χ1n) is 11.1. The molecule has 1 aromatic carbocycles. The van der Waals surface area contributed by atoms with Crippen LogP contribution in [0.5, 0.6) is 0 Å². The van der Waals surface area contributed by atoms with Crippen molar-refractivity contribution in [1.29, 1.82) is 0 Å². The Hall–Kier alpha value is -1.44. The Labute approximate surface area is 175 Å². The van der Waals surface area contributed by atoms with Gasteiger partial charge in [0.25, 0.3) is 0 Å². The first-order valence-corrected chi connectivity index (χ1v) is 12.5. The van der Waals surface area contributed by atoms with Gasteiger partial charge in [0.15, 0.2) is 0 Å². The van der Waals surface area contributed by atoms with Crippen LogP contribution in [0.25, 0.3) is 0 Å². The molecule has 2 heterocycles. The summed E-state index contributed by atoms with van der Waals surface area (Å²) in [5.74, 6) is 1.46. The molecule has 3 aliphatic rings. The van der Waals surface area contributed by atoms with E-state index in [-0.39, 0.29) is 5.54 Å². The van der Waals surface area contributed by atoms with Crippen molar-refractivity contribution in [3.8, 4) is 0 Å². The summed E-state index contributed by atoms with van der Waals surface area (Å²) < 4.78 is 28.0. The molecule has 1 saturated heterocycles. The minimum atomic E-state index is -3.45. The van der Waals surface area contributed by atoms with Crippen molar-refractivity contribution in [1.82, 2.24) is 14.9 Å². The molecule has 1 spiro atoms. The summed E-state index contributed by atoms with van der Waals surface area (Å²) in [7, 11) is -3.45. The predicted octanol–water partition coefficient (Wildman–Crippen LogP) is 2.87. The highest BCUT2D eigenvalue weighted by Gasteiger charge is 2.43. The Morgan fingerprint density at radius 3 is 2.41 bits per heavy atom. The third kappa shape index (κ3) is 4.23. The van der Waals surface area contributed by atoms with E-state index in [4.69, 9.17) is 4.99 Å².